The third kappa shape index (κ3) is 2.34. The Morgan fingerprint density at radius 2 is 2.27 bits per heavy atom. The van der Waals surface area contributed by atoms with Crippen LogP contribution in [0.25, 0.3) is 0 Å². The van der Waals surface area contributed by atoms with Crippen LogP contribution in [0.3, 0.4) is 0 Å². The molecule has 0 aromatic carbocycles. The summed E-state index contributed by atoms with van der Waals surface area (Å²) in [5, 5.41) is 8.38. The van der Waals surface area contributed by atoms with Crippen LogP contribution in [0.15, 0.2) is 11.0 Å². The van der Waals surface area contributed by atoms with E-state index in [0.717, 1.165) is 0 Å². The van der Waals surface area contributed by atoms with Crippen LogP contribution < -0.4 is 5.43 Å². The SMILES string of the molecule is N#CCc1c[nH]c(CCl)c(C(F)F)c1=O. The zero-order chi connectivity index (χ0) is 11.4. The molecule has 0 bridgehead atoms. The van der Waals surface area contributed by atoms with Crippen molar-refractivity contribution in [3.8, 4) is 6.07 Å². The van der Waals surface area contributed by atoms with Gasteiger partial charge >= 0.3 is 0 Å². The van der Waals surface area contributed by atoms with Crippen molar-refractivity contribution in [2.75, 3.05) is 0 Å². The number of hydrogen-bond acceptors (Lipinski definition) is 2. The van der Waals surface area contributed by atoms with Gasteiger partial charge in [0.05, 0.1) is 23.9 Å². The molecule has 0 saturated carbocycles. The largest absolute Gasteiger partial charge is 0.363 e. The summed E-state index contributed by atoms with van der Waals surface area (Å²) in [7, 11) is 0. The van der Waals surface area contributed by atoms with Crippen LogP contribution in [-0.2, 0) is 12.3 Å². The lowest BCUT2D eigenvalue weighted by Crippen LogP contribution is -2.18. The summed E-state index contributed by atoms with van der Waals surface area (Å²) in [5.41, 5.74) is -1.42. The number of aromatic nitrogens is 1. The monoisotopic (exact) mass is 232 g/mol. The van der Waals surface area contributed by atoms with E-state index in [1.165, 1.54) is 6.20 Å². The Labute approximate surface area is 89.3 Å². The predicted molar refractivity (Wildman–Crippen MR) is 50.9 cm³/mol. The van der Waals surface area contributed by atoms with E-state index >= 15 is 0 Å². The molecule has 0 aliphatic heterocycles. The second kappa shape index (κ2) is 4.89. The van der Waals surface area contributed by atoms with Crippen LogP contribution in [0.1, 0.15) is 23.2 Å². The highest BCUT2D eigenvalue weighted by molar-refractivity contribution is 6.17. The van der Waals surface area contributed by atoms with Crippen molar-refractivity contribution in [3.05, 3.63) is 33.2 Å². The number of nitrogens with zero attached hydrogens (tertiary/aromatic N) is 1. The maximum atomic E-state index is 12.5. The first-order valence-corrected chi connectivity index (χ1v) is 4.59. The molecule has 0 aliphatic carbocycles. The van der Waals surface area contributed by atoms with E-state index in [4.69, 9.17) is 16.9 Å². The van der Waals surface area contributed by atoms with Gasteiger partial charge in [-0.2, -0.15) is 5.26 Å². The molecule has 15 heavy (non-hydrogen) atoms. The summed E-state index contributed by atoms with van der Waals surface area (Å²) in [4.78, 5) is 14.0. The van der Waals surface area contributed by atoms with Crippen molar-refractivity contribution in [1.82, 2.24) is 4.98 Å². The Hall–Kier alpha value is -1.41. The molecule has 1 aromatic rings. The smallest absolute Gasteiger partial charge is 0.269 e. The highest BCUT2D eigenvalue weighted by Crippen LogP contribution is 2.19. The molecule has 1 rings (SSSR count). The van der Waals surface area contributed by atoms with Crippen molar-refractivity contribution in [2.45, 2.75) is 18.7 Å². The number of aromatic amines is 1. The Kier molecular flexibility index (Phi) is 3.81. The van der Waals surface area contributed by atoms with Gasteiger partial charge in [-0.05, 0) is 0 Å². The molecule has 0 amide bonds. The van der Waals surface area contributed by atoms with E-state index in [9.17, 15) is 13.6 Å². The molecule has 3 nitrogen and oxygen atoms in total. The number of pyridine rings is 1. The number of rotatable bonds is 3. The van der Waals surface area contributed by atoms with E-state index in [0.29, 0.717) is 0 Å². The normalized spacial score (nSPS) is 10.3. The fourth-order valence-electron chi connectivity index (χ4n) is 1.19. The molecule has 0 unspecified atom stereocenters. The molecule has 1 heterocycles. The lowest BCUT2D eigenvalue weighted by molar-refractivity contribution is 0.148. The molecule has 6 heteroatoms. The number of nitriles is 1. The highest BCUT2D eigenvalue weighted by Gasteiger charge is 2.19. The maximum absolute atomic E-state index is 12.5. The van der Waals surface area contributed by atoms with Crippen LogP contribution >= 0.6 is 11.6 Å². The van der Waals surface area contributed by atoms with E-state index in [1.807, 2.05) is 0 Å². The van der Waals surface area contributed by atoms with Gasteiger partial charge in [-0.3, -0.25) is 4.79 Å². The lowest BCUT2D eigenvalue weighted by atomic mass is 10.1. The number of hydrogen-bond donors (Lipinski definition) is 1. The second-order valence-electron chi connectivity index (χ2n) is 2.80. The Bertz CT molecular complexity index is 450. The van der Waals surface area contributed by atoms with E-state index in [-0.39, 0.29) is 23.6 Å². The van der Waals surface area contributed by atoms with Crippen LogP contribution in [-0.4, -0.2) is 4.98 Å². The van der Waals surface area contributed by atoms with E-state index in [2.05, 4.69) is 4.98 Å². The van der Waals surface area contributed by atoms with Crippen molar-refractivity contribution in [3.63, 3.8) is 0 Å². The number of nitrogens with one attached hydrogen (secondary N) is 1. The summed E-state index contributed by atoms with van der Waals surface area (Å²) in [6, 6.07) is 1.73. The molecular weight excluding hydrogens is 226 g/mol. The first-order valence-electron chi connectivity index (χ1n) is 4.06. The van der Waals surface area contributed by atoms with E-state index in [1.54, 1.807) is 6.07 Å². The Morgan fingerprint density at radius 1 is 1.60 bits per heavy atom. The average molecular weight is 233 g/mol. The Morgan fingerprint density at radius 3 is 2.73 bits per heavy atom. The summed E-state index contributed by atoms with van der Waals surface area (Å²) in [6.07, 6.45) is -1.84. The Balaban J connectivity index is 3.37. The minimum absolute atomic E-state index is 0.00152. The molecule has 0 aliphatic rings. The maximum Gasteiger partial charge on any atom is 0.269 e. The van der Waals surface area contributed by atoms with Gasteiger partial charge in [-0.1, -0.05) is 0 Å². The molecule has 0 atom stereocenters. The second-order valence-corrected chi connectivity index (χ2v) is 3.07. The summed E-state index contributed by atoms with van der Waals surface area (Å²) >= 11 is 5.41. The zero-order valence-electron chi connectivity index (χ0n) is 7.56. The molecule has 0 radical (unpaired) electrons. The van der Waals surface area contributed by atoms with Gasteiger partial charge in [0, 0.05) is 17.5 Å². The van der Waals surface area contributed by atoms with Crippen molar-refractivity contribution >= 4 is 11.6 Å². The van der Waals surface area contributed by atoms with Crippen molar-refractivity contribution < 1.29 is 8.78 Å². The van der Waals surface area contributed by atoms with Gasteiger partial charge in [-0.15, -0.1) is 11.6 Å². The number of halogens is 3. The van der Waals surface area contributed by atoms with Crippen molar-refractivity contribution in [1.29, 1.82) is 5.26 Å². The van der Waals surface area contributed by atoms with Crippen LogP contribution in [0.4, 0.5) is 8.78 Å². The lowest BCUT2D eigenvalue weighted by Gasteiger charge is -2.06. The van der Waals surface area contributed by atoms with E-state index < -0.39 is 17.4 Å². The fourth-order valence-corrected chi connectivity index (χ4v) is 1.41. The zero-order valence-corrected chi connectivity index (χ0v) is 8.31. The topological polar surface area (TPSA) is 56.6 Å². The highest BCUT2D eigenvalue weighted by atomic mass is 35.5. The summed E-state index contributed by atoms with van der Waals surface area (Å²) in [6.45, 7) is 0. The van der Waals surface area contributed by atoms with Gasteiger partial charge in [0.1, 0.15) is 0 Å². The quantitative estimate of drug-likeness (QED) is 0.812. The van der Waals surface area contributed by atoms with Crippen LogP contribution in [0.2, 0.25) is 0 Å². The minimum Gasteiger partial charge on any atom is -0.363 e. The predicted octanol–water partition coefficient (Wildman–Crippen LogP) is 2.12. The van der Waals surface area contributed by atoms with Gasteiger partial charge in [0.25, 0.3) is 6.43 Å². The average Bonchev–Trinajstić information content (AvgIpc) is 2.20. The summed E-state index contributed by atoms with van der Waals surface area (Å²) in [5.74, 6) is -0.193. The minimum atomic E-state index is -2.89. The van der Waals surface area contributed by atoms with Gasteiger partial charge < -0.3 is 4.98 Å². The first kappa shape index (κ1) is 11.7. The fraction of sp³-hybridized carbons (Fsp3) is 0.333. The molecule has 1 aromatic heterocycles. The van der Waals surface area contributed by atoms with Gasteiger partial charge in [0.15, 0.2) is 5.43 Å². The summed E-state index contributed by atoms with van der Waals surface area (Å²) < 4.78 is 25.1. The van der Waals surface area contributed by atoms with Crippen LogP contribution in [0, 0.1) is 11.3 Å². The first-order chi connectivity index (χ1) is 7.11. The van der Waals surface area contributed by atoms with Crippen molar-refractivity contribution in [2.24, 2.45) is 0 Å². The third-order valence-corrected chi connectivity index (χ3v) is 2.17. The van der Waals surface area contributed by atoms with Gasteiger partial charge in [0.2, 0.25) is 0 Å². The third-order valence-electron chi connectivity index (χ3n) is 1.90. The molecule has 0 spiro atoms. The molecule has 0 fully saturated rings. The van der Waals surface area contributed by atoms with Crippen LogP contribution in [0.5, 0.6) is 0 Å². The molecule has 1 N–H and O–H groups in total. The number of H-pyrrole nitrogens is 1. The molecule has 80 valence electrons. The molecular formula is C9H7ClF2N2O. The molecule has 0 saturated heterocycles. The number of alkyl halides is 3. The van der Waals surface area contributed by atoms with Gasteiger partial charge in [-0.25, -0.2) is 8.78 Å². The standard InChI is InChI=1S/C9H7ClF2N2O/c10-3-6-7(9(11)12)8(15)5(1-2-13)4-14-6/h4,9H,1,3H2,(H,14,15).